The van der Waals surface area contributed by atoms with E-state index in [1.807, 2.05) is 6.07 Å². The zero-order valence-corrected chi connectivity index (χ0v) is 11.4. The second-order valence-corrected chi connectivity index (χ2v) is 5.05. The average molecular weight is 250 g/mol. The molecule has 2 unspecified atom stereocenters. The molecule has 1 aromatic rings. The predicted octanol–water partition coefficient (Wildman–Crippen LogP) is 1.83. The van der Waals surface area contributed by atoms with Gasteiger partial charge < -0.3 is 15.4 Å². The lowest BCUT2D eigenvalue weighted by atomic mass is 9.92. The van der Waals surface area contributed by atoms with E-state index in [2.05, 4.69) is 28.7 Å². The van der Waals surface area contributed by atoms with Crippen LogP contribution in [0.2, 0.25) is 0 Å². The summed E-state index contributed by atoms with van der Waals surface area (Å²) in [6.07, 6.45) is 2.48. The molecule has 2 rings (SSSR count). The van der Waals surface area contributed by atoms with E-state index >= 15 is 0 Å². The fourth-order valence-electron chi connectivity index (χ4n) is 2.50. The maximum Gasteiger partial charge on any atom is 0.158 e. The number of aromatic nitrogens is 2. The summed E-state index contributed by atoms with van der Waals surface area (Å²) in [6, 6.07) is 2.34. The molecular weight excluding hydrogens is 228 g/mol. The van der Waals surface area contributed by atoms with Crippen LogP contribution in [0.4, 0.5) is 11.6 Å². The molecule has 5 nitrogen and oxygen atoms in total. The smallest absolute Gasteiger partial charge is 0.158 e. The van der Waals surface area contributed by atoms with Gasteiger partial charge in [0.1, 0.15) is 18.2 Å². The topological polar surface area (TPSA) is 64.3 Å². The highest BCUT2D eigenvalue weighted by Gasteiger charge is 2.26. The highest BCUT2D eigenvalue weighted by molar-refractivity contribution is 5.48. The van der Waals surface area contributed by atoms with Crippen molar-refractivity contribution < 1.29 is 4.74 Å². The Morgan fingerprint density at radius 3 is 2.94 bits per heavy atom. The summed E-state index contributed by atoms with van der Waals surface area (Å²) in [4.78, 5) is 11.0. The molecule has 0 aliphatic carbocycles. The predicted molar refractivity (Wildman–Crippen MR) is 72.4 cm³/mol. The Labute approximate surface area is 108 Å². The Hall–Kier alpha value is -1.36. The van der Waals surface area contributed by atoms with Crippen LogP contribution in [0.5, 0.6) is 0 Å². The molecule has 2 atom stereocenters. The Kier molecular flexibility index (Phi) is 4.01. The number of hydrogen-bond donors (Lipinski definition) is 1. The van der Waals surface area contributed by atoms with Gasteiger partial charge in [0.2, 0.25) is 0 Å². The molecule has 1 fully saturated rings. The number of rotatable bonds is 3. The van der Waals surface area contributed by atoms with E-state index in [4.69, 9.17) is 10.5 Å². The number of nitrogens with zero attached hydrogens (tertiary/aromatic N) is 3. The molecule has 1 aliphatic heterocycles. The summed E-state index contributed by atoms with van der Waals surface area (Å²) in [7, 11) is 1.64. The largest absolute Gasteiger partial charge is 0.384 e. The third-order valence-corrected chi connectivity index (χ3v) is 3.72. The molecule has 1 saturated heterocycles. The van der Waals surface area contributed by atoms with Crippen molar-refractivity contribution in [2.75, 3.05) is 24.3 Å². The highest BCUT2D eigenvalue weighted by Crippen LogP contribution is 2.27. The quantitative estimate of drug-likeness (QED) is 0.886. The Morgan fingerprint density at radius 2 is 2.22 bits per heavy atom. The minimum atomic E-state index is 0.399. The molecule has 0 aromatic carbocycles. The molecular formula is C13H22N4O. The van der Waals surface area contributed by atoms with Crippen LogP contribution >= 0.6 is 0 Å². The zero-order valence-electron chi connectivity index (χ0n) is 11.4. The van der Waals surface area contributed by atoms with Crippen LogP contribution in [0.15, 0.2) is 6.07 Å². The lowest BCUT2D eigenvalue weighted by Crippen LogP contribution is -2.43. The van der Waals surface area contributed by atoms with Gasteiger partial charge in [-0.2, -0.15) is 0 Å². The highest BCUT2D eigenvalue weighted by atomic mass is 16.5. The van der Waals surface area contributed by atoms with E-state index in [0.29, 0.717) is 30.2 Å². The minimum absolute atomic E-state index is 0.399. The summed E-state index contributed by atoms with van der Waals surface area (Å²) in [6.45, 7) is 5.97. The third kappa shape index (κ3) is 2.72. The van der Waals surface area contributed by atoms with Crippen LogP contribution in [-0.4, -0.2) is 29.7 Å². The van der Waals surface area contributed by atoms with Gasteiger partial charge in [-0.3, -0.25) is 0 Å². The first-order chi connectivity index (χ1) is 8.61. The van der Waals surface area contributed by atoms with Crippen LogP contribution in [-0.2, 0) is 11.3 Å². The van der Waals surface area contributed by atoms with Crippen LogP contribution in [0.1, 0.15) is 32.5 Å². The van der Waals surface area contributed by atoms with Crippen LogP contribution in [0.25, 0.3) is 0 Å². The third-order valence-electron chi connectivity index (χ3n) is 3.72. The normalized spacial score (nSPS) is 24.3. The number of nitrogens with two attached hydrogens (primary N) is 1. The van der Waals surface area contributed by atoms with E-state index in [-0.39, 0.29) is 0 Å². The molecule has 2 heterocycles. The van der Waals surface area contributed by atoms with Crippen molar-refractivity contribution in [2.24, 2.45) is 5.92 Å². The standard InChI is InChI=1S/C13H22N4O/c1-9-5-4-6-17(10(9)2)13-7-11(14)15-12(16-13)8-18-3/h7,9-10H,4-6,8H2,1-3H3,(H2,14,15,16). The Bertz CT molecular complexity index is 410. The van der Waals surface area contributed by atoms with Crippen molar-refractivity contribution in [3.63, 3.8) is 0 Å². The molecule has 0 bridgehead atoms. The van der Waals surface area contributed by atoms with E-state index in [0.717, 1.165) is 12.4 Å². The van der Waals surface area contributed by atoms with Gasteiger partial charge in [-0.05, 0) is 25.7 Å². The van der Waals surface area contributed by atoms with Crippen molar-refractivity contribution in [1.29, 1.82) is 0 Å². The van der Waals surface area contributed by atoms with Gasteiger partial charge in [-0.25, -0.2) is 9.97 Å². The first kappa shape index (κ1) is 13.1. The van der Waals surface area contributed by atoms with Gasteiger partial charge in [0.15, 0.2) is 5.82 Å². The fraction of sp³-hybridized carbons (Fsp3) is 0.692. The summed E-state index contributed by atoms with van der Waals surface area (Å²) in [5.41, 5.74) is 5.84. The van der Waals surface area contributed by atoms with E-state index in [9.17, 15) is 0 Å². The summed E-state index contributed by atoms with van der Waals surface area (Å²) >= 11 is 0. The van der Waals surface area contributed by atoms with Crippen LogP contribution < -0.4 is 10.6 Å². The molecule has 2 N–H and O–H groups in total. The van der Waals surface area contributed by atoms with Crippen molar-refractivity contribution >= 4 is 11.6 Å². The van der Waals surface area contributed by atoms with Crippen LogP contribution in [0, 0.1) is 5.92 Å². The molecule has 18 heavy (non-hydrogen) atoms. The van der Waals surface area contributed by atoms with Gasteiger partial charge in [0.05, 0.1) is 0 Å². The van der Waals surface area contributed by atoms with Crippen molar-refractivity contribution in [3.05, 3.63) is 11.9 Å². The van der Waals surface area contributed by atoms with E-state index in [1.54, 1.807) is 7.11 Å². The average Bonchev–Trinajstić information content (AvgIpc) is 2.32. The number of hydrogen-bond acceptors (Lipinski definition) is 5. The van der Waals surface area contributed by atoms with Gasteiger partial charge >= 0.3 is 0 Å². The molecule has 0 amide bonds. The van der Waals surface area contributed by atoms with E-state index in [1.165, 1.54) is 12.8 Å². The Morgan fingerprint density at radius 1 is 1.44 bits per heavy atom. The monoisotopic (exact) mass is 250 g/mol. The zero-order chi connectivity index (χ0) is 13.1. The van der Waals surface area contributed by atoms with Crippen molar-refractivity contribution in [2.45, 2.75) is 39.3 Å². The lowest BCUT2D eigenvalue weighted by Gasteiger charge is -2.38. The number of nitrogen functional groups attached to an aromatic ring is 1. The van der Waals surface area contributed by atoms with Crippen molar-refractivity contribution in [3.8, 4) is 0 Å². The van der Waals surface area contributed by atoms with Gasteiger partial charge in [-0.1, -0.05) is 6.92 Å². The maximum absolute atomic E-state index is 5.84. The summed E-state index contributed by atoms with van der Waals surface area (Å²) in [5.74, 6) is 2.77. The number of piperidine rings is 1. The molecule has 0 saturated carbocycles. The van der Waals surface area contributed by atoms with Crippen LogP contribution in [0.3, 0.4) is 0 Å². The Balaban J connectivity index is 2.26. The number of ether oxygens (including phenoxy) is 1. The molecule has 5 heteroatoms. The molecule has 100 valence electrons. The number of methoxy groups -OCH3 is 1. The first-order valence-corrected chi connectivity index (χ1v) is 6.51. The van der Waals surface area contributed by atoms with Gasteiger partial charge in [0.25, 0.3) is 0 Å². The fourth-order valence-corrected chi connectivity index (χ4v) is 2.50. The minimum Gasteiger partial charge on any atom is -0.384 e. The molecule has 1 aliphatic rings. The van der Waals surface area contributed by atoms with Crippen molar-refractivity contribution in [1.82, 2.24) is 9.97 Å². The second kappa shape index (κ2) is 5.52. The lowest BCUT2D eigenvalue weighted by molar-refractivity contribution is 0.178. The van der Waals surface area contributed by atoms with Gasteiger partial charge in [-0.15, -0.1) is 0 Å². The summed E-state index contributed by atoms with van der Waals surface area (Å²) in [5, 5.41) is 0. The SMILES string of the molecule is COCc1nc(N)cc(N2CCCC(C)C2C)n1. The van der Waals surface area contributed by atoms with Gasteiger partial charge in [0, 0.05) is 25.8 Å². The second-order valence-electron chi connectivity index (χ2n) is 5.05. The van der Waals surface area contributed by atoms with E-state index < -0.39 is 0 Å². The molecule has 0 radical (unpaired) electrons. The molecule has 1 aromatic heterocycles. The molecule has 0 spiro atoms. The number of anilines is 2. The first-order valence-electron chi connectivity index (χ1n) is 6.51. The maximum atomic E-state index is 5.84. The summed E-state index contributed by atoms with van der Waals surface area (Å²) < 4.78 is 5.07.